The van der Waals surface area contributed by atoms with Crippen molar-refractivity contribution in [1.82, 2.24) is 19.7 Å². The molecule has 3 aromatic rings. The zero-order chi connectivity index (χ0) is 21.8. The molecule has 0 spiro atoms. The molecule has 4 rings (SSSR count). The Morgan fingerprint density at radius 1 is 1.13 bits per heavy atom. The maximum Gasteiger partial charge on any atom is 0.343 e. The number of carbonyl (C=O) groups is 1. The first-order chi connectivity index (χ1) is 15.1. The van der Waals surface area contributed by atoms with Gasteiger partial charge in [-0.2, -0.15) is 5.10 Å². The standard InChI is InChI=1S/C24H28N4O3/c1-17(19-6-4-3-5-7-19)23(29)27-14-12-20(13-15-27)22-25-26-24(30)28(22)16-18-8-10-21(31-2)11-9-18/h3-11,17,20H,12-16H2,1-2H3,(H,26,30)/t17-/m1/s1. The predicted octanol–water partition coefficient (Wildman–Crippen LogP) is 3.14. The van der Waals surface area contributed by atoms with Crippen molar-refractivity contribution in [1.29, 1.82) is 0 Å². The number of amides is 1. The monoisotopic (exact) mass is 420 g/mol. The third-order valence-corrected chi connectivity index (χ3v) is 6.13. The summed E-state index contributed by atoms with van der Waals surface area (Å²) in [6, 6.07) is 17.6. The highest BCUT2D eigenvalue weighted by molar-refractivity contribution is 5.83. The number of aromatic nitrogens is 3. The van der Waals surface area contributed by atoms with E-state index in [9.17, 15) is 9.59 Å². The fourth-order valence-electron chi connectivity index (χ4n) is 4.22. The smallest absolute Gasteiger partial charge is 0.343 e. The molecule has 31 heavy (non-hydrogen) atoms. The van der Waals surface area contributed by atoms with Crippen molar-refractivity contribution in [3.8, 4) is 5.75 Å². The van der Waals surface area contributed by atoms with Crippen LogP contribution in [0.4, 0.5) is 0 Å². The van der Waals surface area contributed by atoms with Gasteiger partial charge in [0.05, 0.1) is 19.6 Å². The predicted molar refractivity (Wildman–Crippen MR) is 118 cm³/mol. The molecular formula is C24H28N4O3. The number of hydrogen-bond donors (Lipinski definition) is 1. The summed E-state index contributed by atoms with van der Waals surface area (Å²) in [4.78, 5) is 27.3. The number of nitrogens with one attached hydrogen (secondary N) is 1. The van der Waals surface area contributed by atoms with Crippen molar-refractivity contribution < 1.29 is 9.53 Å². The molecule has 1 atom stereocenters. The van der Waals surface area contributed by atoms with E-state index in [4.69, 9.17) is 4.74 Å². The lowest BCUT2D eigenvalue weighted by Crippen LogP contribution is -2.40. The Balaban J connectivity index is 1.42. The Kier molecular flexibility index (Phi) is 6.21. The number of likely N-dealkylation sites (tertiary alicyclic amines) is 1. The Labute approximate surface area is 181 Å². The average molecular weight is 421 g/mol. The molecule has 1 aliphatic heterocycles. The number of aromatic amines is 1. The maximum absolute atomic E-state index is 12.9. The van der Waals surface area contributed by atoms with Crippen LogP contribution in [0.1, 0.15) is 48.6 Å². The minimum atomic E-state index is -0.206. The lowest BCUT2D eigenvalue weighted by atomic mass is 9.93. The van der Waals surface area contributed by atoms with E-state index in [0.717, 1.165) is 35.5 Å². The fourth-order valence-corrected chi connectivity index (χ4v) is 4.22. The Hall–Kier alpha value is -3.35. The highest BCUT2D eigenvalue weighted by Crippen LogP contribution is 2.28. The lowest BCUT2D eigenvalue weighted by Gasteiger charge is -2.33. The maximum atomic E-state index is 12.9. The van der Waals surface area contributed by atoms with Crippen molar-refractivity contribution in [3.05, 3.63) is 82.0 Å². The first kappa shape index (κ1) is 20.9. The van der Waals surface area contributed by atoms with Gasteiger partial charge in [-0.3, -0.25) is 9.36 Å². The quantitative estimate of drug-likeness (QED) is 0.664. The van der Waals surface area contributed by atoms with E-state index in [0.29, 0.717) is 19.6 Å². The molecule has 2 heterocycles. The summed E-state index contributed by atoms with van der Waals surface area (Å²) in [5.74, 6) is 1.70. The molecule has 1 aliphatic rings. The molecule has 1 N–H and O–H groups in total. The lowest BCUT2D eigenvalue weighted by molar-refractivity contribution is -0.133. The van der Waals surface area contributed by atoms with Crippen LogP contribution in [-0.2, 0) is 11.3 Å². The summed E-state index contributed by atoms with van der Waals surface area (Å²) >= 11 is 0. The summed E-state index contributed by atoms with van der Waals surface area (Å²) in [5, 5.41) is 6.92. The van der Waals surface area contributed by atoms with Crippen LogP contribution < -0.4 is 10.4 Å². The molecule has 1 saturated heterocycles. The van der Waals surface area contributed by atoms with Crippen molar-refractivity contribution in [3.63, 3.8) is 0 Å². The molecular weight excluding hydrogens is 392 g/mol. The van der Waals surface area contributed by atoms with Crippen molar-refractivity contribution in [2.24, 2.45) is 0 Å². The number of carbonyl (C=O) groups excluding carboxylic acids is 1. The SMILES string of the molecule is COc1ccc(Cn2c(C3CCN(C(=O)[C@H](C)c4ccccc4)CC3)n[nH]c2=O)cc1. The fraction of sp³-hybridized carbons (Fsp3) is 0.375. The van der Waals surface area contributed by atoms with Gasteiger partial charge in [0, 0.05) is 19.0 Å². The van der Waals surface area contributed by atoms with Crippen LogP contribution in [0.25, 0.3) is 0 Å². The van der Waals surface area contributed by atoms with Crippen LogP contribution in [-0.4, -0.2) is 45.8 Å². The highest BCUT2D eigenvalue weighted by atomic mass is 16.5. The van der Waals surface area contributed by atoms with E-state index in [1.165, 1.54) is 0 Å². The molecule has 0 saturated carbocycles. The molecule has 0 bridgehead atoms. The van der Waals surface area contributed by atoms with E-state index in [-0.39, 0.29) is 23.4 Å². The van der Waals surface area contributed by atoms with Crippen LogP contribution in [0.2, 0.25) is 0 Å². The molecule has 1 aromatic heterocycles. The van der Waals surface area contributed by atoms with Crippen LogP contribution in [0.5, 0.6) is 5.75 Å². The molecule has 7 nitrogen and oxygen atoms in total. The first-order valence-corrected chi connectivity index (χ1v) is 10.7. The first-order valence-electron chi connectivity index (χ1n) is 10.7. The van der Waals surface area contributed by atoms with Crippen LogP contribution in [0.3, 0.4) is 0 Å². The minimum Gasteiger partial charge on any atom is -0.497 e. The van der Waals surface area contributed by atoms with Crippen LogP contribution >= 0.6 is 0 Å². The third kappa shape index (κ3) is 4.55. The van der Waals surface area contributed by atoms with E-state index < -0.39 is 0 Å². The van der Waals surface area contributed by atoms with E-state index in [2.05, 4.69) is 10.2 Å². The number of rotatable bonds is 6. The van der Waals surface area contributed by atoms with Gasteiger partial charge in [0.2, 0.25) is 5.91 Å². The molecule has 0 unspecified atom stereocenters. The molecule has 1 fully saturated rings. The molecule has 2 aromatic carbocycles. The van der Waals surface area contributed by atoms with Crippen molar-refractivity contribution in [2.45, 2.75) is 38.1 Å². The Morgan fingerprint density at radius 2 is 1.81 bits per heavy atom. The summed E-state index contributed by atoms with van der Waals surface area (Å²) in [6.45, 7) is 3.76. The number of benzene rings is 2. The van der Waals surface area contributed by atoms with Gasteiger partial charge in [0.1, 0.15) is 11.6 Å². The van der Waals surface area contributed by atoms with E-state index >= 15 is 0 Å². The molecule has 0 aliphatic carbocycles. The van der Waals surface area contributed by atoms with Gasteiger partial charge in [0.15, 0.2) is 0 Å². The average Bonchev–Trinajstić information content (AvgIpc) is 3.19. The number of nitrogens with zero attached hydrogens (tertiary/aromatic N) is 3. The largest absolute Gasteiger partial charge is 0.497 e. The number of ether oxygens (including phenoxy) is 1. The molecule has 1 amide bonds. The topological polar surface area (TPSA) is 80.2 Å². The summed E-state index contributed by atoms with van der Waals surface area (Å²) < 4.78 is 6.91. The number of H-pyrrole nitrogens is 1. The second-order valence-corrected chi connectivity index (χ2v) is 8.05. The molecule has 0 radical (unpaired) electrons. The van der Waals surface area contributed by atoms with Crippen molar-refractivity contribution >= 4 is 5.91 Å². The van der Waals surface area contributed by atoms with Gasteiger partial charge in [-0.25, -0.2) is 9.89 Å². The van der Waals surface area contributed by atoms with Crippen molar-refractivity contribution in [2.75, 3.05) is 20.2 Å². The second-order valence-electron chi connectivity index (χ2n) is 8.05. The molecule has 162 valence electrons. The summed E-state index contributed by atoms with van der Waals surface area (Å²) in [6.07, 6.45) is 1.58. The Morgan fingerprint density at radius 3 is 2.45 bits per heavy atom. The van der Waals surface area contributed by atoms with E-state index in [1.807, 2.05) is 66.4 Å². The van der Waals surface area contributed by atoms with Gasteiger partial charge in [-0.05, 0) is 43.0 Å². The zero-order valence-electron chi connectivity index (χ0n) is 18.0. The summed E-state index contributed by atoms with van der Waals surface area (Å²) in [7, 11) is 1.63. The summed E-state index contributed by atoms with van der Waals surface area (Å²) in [5.41, 5.74) is 1.84. The van der Waals surface area contributed by atoms with Crippen LogP contribution in [0, 0.1) is 0 Å². The zero-order valence-corrected chi connectivity index (χ0v) is 18.0. The Bertz CT molecular complexity index is 1060. The van der Waals surface area contributed by atoms with E-state index in [1.54, 1.807) is 11.7 Å². The number of hydrogen-bond acceptors (Lipinski definition) is 4. The highest BCUT2D eigenvalue weighted by Gasteiger charge is 2.30. The second kappa shape index (κ2) is 9.20. The number of piperidine rings is 1. The normalized spacial score (nSPS) is 15.6. The van der Waals surface area contributed by atoms with Gasteiger partial charge >= 0.3 is 5.69 Å². The third-order valence-electron chi connectivity index (χ3n) is 6.13. The van der Waals surface area contributed by atoms with Gasteiger partial charge in [-0.1, -0.05) is 42.5 Å². The molecule has 7 heteroatoms. The van der Waals surface area contributed by atoms with Gasteiger partial charge in [-0.15, -0.1) is 0 Å². The minimum absolute atomic E-state index is 0.147. The number of methoxy groups -OCH3 is 1. The van der Waals surface area contributed by atoms with Gasteiger partial charge < -0.3 is 9.64 Å². The van der Waals surface area contributed by atoms with Crippen LogP contribution in [0.15, 0.2) is 59.4 Å². The van der Waals surface area contributed by atoms with Gasteiger partial charge in [0.25, 0.3) is 0 Å².